The Morgan fingerprint density at radius 1 is 1.19 bits per heavy atom. The Balaban J connectivity index is 3.54. The molecule has 0 bridgehead atoms. The van der Waals surface area contributed by atoms with Gasteiger partial charge in [-0.1, -0.05) is 0 Å². The van der Waals surface area contributed by atoms with Crippen molar-refractivity contribution in [1.82, 2.24) is 0 Å². The van der Waals surface area contributed by atoms with Crippen LogP contribution in [0.25, 0.3) is 0 Å². The standard InChI is InChI=1S/C10H13NO5/c1-14-6-4-5(10(12)13)7(11)9(16-3)8(6)15-2/h4H,11H2,1-3H3,(H,12,13)/p-1. The molecule has 6 nitrogen and oxygen atoms in total. The predicted octanol–water partition coefficient (Wildman–Crippen LogP) is -0.342. The lowest BCUT2D eigenvalue weighted by Crippen LogP contribution is -2.24. The van der Waals surface area contributed by atoms with Gasteiger partial charge in [-0.25, -0.2) is 0 Å². The number of nitrogen functional groups attached to an aromatic ring is 1. The van der Waals surface area contributed by atoms with Gasteiger partial charge < -0.3 is 29.8 Å². The van der Waals surface area contributed by atoms with Crippen LogP contribution >= 0.6 is 0 Å². The van der Waals surface area contributed by atoms with Crippen LogP contribution in [0.1, 0.15) is 10.4 Å². The van der Waals surface area contributed by atoms with Crippen LogP contribution in [0.5, 0.6) is 17.2 Å². The molecule has 0 aliphatic rings. The molecule has 0 saturated carbocycles. The number of carboxylic acids is 1. The van der Waals surface area contributed by atoms with Crippen LogP contribution in [-0.4, -0.2) is 27.3 Å². The van der Waals surface area contributed by atoms with Crippen molar-refractivity contribution in [3.8, 4) is 17.2 Å². The molecule has 1 aromatic rings. The summed E-state index contributed by atoms with van der Waals surface area (Å²) in [4.78, 5) is 10.8. The predicted molar refractivity (Wildman–Crippen MR) is 54.8 cm³/mol. The Bertz CT molecular complexity index is 416. The topological polar surface area (TPSA) is 93.8 Å². The molecule has 0 radical (unpaired) electrons. The molecular formula is C10H12NO5-. The molecule has 1 aromatic carbocycles. The quantitative estimate of drug-likeness (QED) is 0.706. The van der Waals surface area contributed by atoms with E-state index in [0.717, 1.165) is 0 Å². The van der Waals surface area contributed by atoms with Crippen LogP contribution in [-0.2, 0) is 0 Å². The van der Waals surface area contributed by atoms with Gasteiger partial charge in [0.05, 0.1) is 33.0 Å². The second-order valence-corrected chi connectivity index (χ2v) is 2.89. The third-order valence-electron chi connectivity index (χ3n) is 2.09. The minimum atomic E-state index is -1.41. The lowest BCUT2D eigenvalue weighted by molar-refractivity contribution is -0.254. The molecule has 88 valence electrons. The molecule has 0 amide bonds. The molecule has 0 fully saturated rings. The van der Waals surface area contributed by atoms with Crippen molar-refractivity contribution in [1.29, 1.82) is 0 Å². The van der Waals surface area contributed by atoms with Crippen molar-refractivity contribution in [3.63, 3.8) is 0 Å². The highest BCUT2D eigenvalue weighted by Crippen LogP contribution is 2.43. The average molecular weight is 226 g/mol. The number of rotatable bonds is 4. The number of hydrogen-bond donors (Lipinski definition) is 1. The van der Waals surface area contributed by atoms with Crippen molar-refractivity contribution in [2.45, 2.75) is 0 Å². The van der Waals surface area contributed by atoms with Crippen molar-refractivity contribution in [2.24, 2.45) is 0 Å². The summed E-state index contributed by atoms with van der Waals surface area (Å²) in [6, 6.07) is 1.23. The number of aromatic carboxylic acids is 1. The first-order valence-electron chi connectivity index (χ1n) is 4.36. The van der Waals surface area contributed by atoms with Gasteiger partial charge in [-0.3, -0.25) is 0 Å². The van der Waals surface area contributed by atoms with Crippen molar-refractivity contribution < 1.29 is 24.1 Å². The summed E-state index contributed by atoms with van der Waals surface area (Å²) < 4.78 is 15.0. The fourth-order valence-corrected chi connectivity index (χ4v) is 1.35. The molecule has 0 aliphatic carbocycles. The molecule has 0 aliphatic heterocycles. The number of ether oxygens (including phenoxy) is 3. The van der Waals surface area contributed by atoms with Gasteiger partial charge in [0, 0.05) is 5.56 Å². The van der Waals surface area contributed by atoms with Gasteiger partial charge in [0.1, 0.15) is 0 Å². The maximum Gasteiger partial charge on any atom is 0.205 e. The summed E-state index contributed by atoms with van der Waals surface area (Å²) in [5.74, 6) is -0.835. The maximum atomic E-state index is 10.8. The fourth-order valence-electron chi connectivity index (χ4n) is 1.35. The lowest BCUT2D eigenvalue weighted by atomic mass is 10.1. The molecule has 6 heteroatoms. The van der Waals surface area contributed by atoms with E-state index >= 15 is 0 Å². The van der Waals surface area contributed by atoms with E-state index < -0.39 is 5.97 Å². The van der Waals surface area contributed by atoms with E-state index in [2.05, 4.69) is 0 Å². The first kappa shape index (κ1) is 12.0. The number of carbonyl (C=O) groups is 1. The number of benzene rings is 1. The number of anilines is 1. The Morgan fingerprint density at radius 2 is 1.75 bits per heavy atom. The van der Waals surface area contributed by atoms with E-state index in [1.54, 1.807) is 0 Å². The van der Waals surface area contributed by atoms with E-state index in [9.17, 15) is 9.90 Å². The summed E-state index contributed by atoms with van der Waals surface area (Å²) in [5.41, 5.74) is 5.36. The monoisotopic (exact) mass is 226 g/mol. The minimum Gasteiger partial charge on any atom is -0.545 e. The molecule has 0 saturated heterocycles. The van der Waals surface area contributed by atoms with Gasteiger partial charge in [0.2, 0.25) is 5.75 Å². The first-order valence-corrected chi connectivity index (χ1v) is 4.36. The molecule has 2 N–H and O–H groups in total. The number of methoxy groups -OCH3 is 3. The summed E-state index contributed by atoms with van der Waals surface area (Å²) in [6.07, 6.45) is 0. The third kappa shape index (κ3) is 1.81. The van der Waals surface area contributed by atoms with Crippen molar-refractivity contribution in [2.75, 3.05) is 27.1 Å². The maximum absolute atomic E-state index is 10.8. The highest BCUT2D eigenvalue weighted by Gasteiger charge is 2.18. The molecule has 0 atom stereocenters. The second kappa shape index (κ2) is 4.61. The van der Waals surface area contributed by atoms with Crippen LogP contribution in [0.2, 0.25) is 0 Å². The van der Waals surface area contributed by atoms with Crippen LogP contribution in [0.15, 0.2) is 6.07 Å². The Kier molecular flexibility index (Phi) is 3.44. The summed E-state index contributed by atoms with van der Waals surface area (Å²) >= 11 is 0. The molecule has 0 aromatic heterocycles. The Hall–Kier alpha value is -2.11. The van der Waals surface area contributed by atoms with Gasteiger partial charge in [0.25, 0.3) is 0 Å². The van der Waals surface area contributed by atoms with Crippen LogP contribution in [0, 0.1) is 0 Å². The molecule has 0 unspecified atom stereocenters. The average Bonchev–Trinajstić information content (AvgIpc) is 2.27. The smallest absolute Gasteiger partial charge is 0.205 e. The van der Waals surface area contributed by atoms with Gasteiger partial charge >= 0.3 is 0 Å². The highest BCUT2D eigenvalue weighted by molar-refractivity contribution is 5.95. The number of carbonyl (C=O) groups excluding carboxylic acids is 1. The second-order valence-electron chi connectivity index (χ2n) is 2.89. The Labute approximate surface area is 92.5 Å². The lowest BCUT2D eigenvalue weighted by Gasteiger charge is -2.17. The van der Waals surface area contributed by atoms with Crippen molar-refractivity contribution in [3.05, 3.63) is 11.6 Å². The fraction of sp³-hybridized carbons (Fsp3) is 0.300. The highest BCUT2D eigenvalue weighted by atomic mass is 16.5. The van der Waals surface area contributed by atoms with Gasteiger partial charge in [-0.05, 0) is 6.07 Å². The normalized spacial score (nSPS) is 9.69. The van der Waals surface area contributed by atoms with Crippen LogP contribution < -0.4 is 25.1 Å². The van der Waals surface area contributed by atoms with E-state index in [-0.39, 0.29) is 28.5 Å². The molecule has 16 heavy (non-hydrogen) atoms. The zero-order valence-corrected chi connectivity index (χ0v) is 9.20. The third-order valence-corrected chi connectivity index (χ3v) is 2.09. The summed E-state index contributed by atoms with van der Waals surface area (Å²) in [7, 11) is 4.14. The largest absolute Gasteiger partial charge is 0.545 e. The number of carboxylic acid groups (broad SMARTS) is 1. The zero-order valence-electron chi connectivity index (χ0n) is 9.20. The summed E-state index contributed by atoms with van der Waals surface area (Å²) in [6.45, 7) is 0. The van der Waals surface area contributed by atoms with E-state index in [1.165, 1.54) is 27.4 Å². The Morgan fingerprint density at radius 3 is 2.12 bits per heavy atom. The molecular weight excluding hydrogens is 214 g/mol. The number of hydrogen-bond acceptors (Lipinski definition) is 6. The first-order chi connectivity index (χ1) is 7.56. The van der Waals surface area contributed by atoms with Crippen LogP contribution in [0.4, 0.5) is 5.69 Å². The van der Waals surface area contributed by atoms with E-state index in [0.29, 0.717) is 0 Å². The SMILES string of the molecule is COc1cc(C(=O)[O-])c(N)c(OC)c1OC. The van der Waals surface area contributed by atoms with E-state index in [4.69, 9.17) is 19.9 Å². The molecule has 0 heterocycles. The number of nitrogens with two attached hydrogens (primary N) is 1. The van der Waals surface area contributed by atoms with Crippen molar-refractivity contribution >= 4 is 11.7 Å². The van der Waals surface area contributed by atoms with Crippen LogP contribution in [0.3, 0.4) is 0 Å². The van der Waals surface area contributed by atoms with Gasteiger partial charge in [0.15, 0.2) is 11.5 Å². The van der Waals surface area contributed by atoms with Gasteiger partial charge in [-0.15, -0.1) is 0 Å². The van der Waals surface area contributed by atoms with E-state index in [1.807, 2.05) is 0 Å². The summed E-state index contributed by atoms with van der Waals surface area (Å²) in [5, 5.41) is 10.8. The minimum absolute atomic E-state index is 0.0554. The van der Waals surface area contributed by atoms with Gasteiger partial charge in [-0.2, -0.15) is 0 Å². The zero-order chi connectivity index (χ0) is 12.3. The molecule has 1 rings (SSSR count). The molecule has 0 spiro atoms.